The Hall–Kier alpha value is -1.10. The van der Waals surface area contributed by atoms with Crippen LogP contribution >= 0.6 is 15.9 Å². The fraction of sp³-hybridized carbons (Fsp3) is 0.364. The van der Waals surface area contributed by atoms with Gasteiger partial charge in [0.2, 0.25) is 6.79 Å². The van der Waals surface area contributed by atoms with Crippen molar-refractivity contribution < 1.29 is 18.7 Å². The molecule has 1 aliphatic heterocycles. The van der Waals surface area contributed by atoms with Crippen molar-refractivity contribution in [2.24, 2.45) is 0 Å². The van der Waals surface area contributed by atoms with Crippen LogP contribution in [0.2, 0.25) is 0 Å². The molecule has 0 N–H and O–H groups in total. The smallest absolute Gasteiger partial charge is 0.231 e. The maximum absolute atomic E-state index is 13.9. The topological polar surface area (TPSA) is 35.5 Å². The average Bonchev–Trinajstić information content (AvgIpc) is 2.67. The predicted octanol–water partition coefficient (Wildman–Crippen LogP) is 3.01. The number of benzene rings is 1. The second-order valence-corrected chi connectivity index (χ2v) is 4.48. The monoisotopic (exact) mass is 288 g/mol. The lowest BCUT2D eigenvalue weighted by molar-refractivity contribution is -0.108. The summed E-state index contributed by atoms with van der Waals surface area (Å²) >= 11 is 3.12. The molecule has 0 aromatic heterocycles. The number of halogens is 2. The lowest BCUT2D eigenvalue weighted by atomic mass is 9.96. The Kier molecular flexibility index (Phi) is 3.14. The molecule has 0 amide bonds. The van der Waals surface area contributed by atoms with Crippen LogP contribution in [0, 0.1) is 5.82 Å². The van der Waals surface area contributed by atoms with E-state index in [1.807, 2.05) is 0 Å². The lowest BCUT2D eigenvalue weighted by Crippen LogP contribution is -2.01. The second-order valence-electron chi connectivity index (χ2n) is 3.62. The van der Waals surface area contributed by atoms with E-state index >= 15 is 0 Å². The highest BCUT2D eigenvalue weighted by Gasteiger charge is 2.26. The first kappa shape index (κ1) is 11.4. The summed E-state index contributed by atoms with van der Waals surface area (Å²) in [5.74, 6) is 0.306. The van der Waals surface area contributed by atoms with Crippen LogP contribution in [0.5, 0.6) is 11.5 Å². The van der Waals surface area contributed by atoms with Crippen molar-refractivity contribution in [3.8, 4) is 11.5 Å². The number of hydrogen-bond donors (Lipinski definition) is 0. The van der Waals surface area contributed by atoms with Crippen LogP contribution in [0.1, 0.15) is 24.8 Å². The number of carbonyl (C=O) groups excluding carboxylic acids is 1. The maximum Gasteiger partial charge on any atom is 0.231 e. The van der Waals surface area contributed by atoms with Gasteiger partial charge >= 0.3 is 0 Å². The van der Waals surface area contributed by atoms with Crippen molar-refractivity contribution in [3.05, 3.63) is 21.9 Å². The van der Waals surface area contributed by atoms with E-state index in [1.165, 1.54) is 6.07 Å². The summed E-state index contributed by atoms with van der Waals surface area (Å²) in [6.45, 7) is 1.87. The van der Waals surface area contributed by atoms with Crippen LogP contribution < -0.4 is 9.47 Å². The molecular weight excluding hydrogens is 279 g/mol. The van der Waals surface area contributed by atoms with Gasteiger partial charge in [-0.2, -0.15) is 0 Å². The SMILES string of the molecule is CC(CC=O)c1c(F)c(Br)cc2c1OCO2. The summed E-state index contributed by atoms with van der Waals surface area (Å²) in [7, 11) is 0. The van der Waals surface area contributed by atoms with E-state index in [0.717, 1.165) is 6.29 Å². The molecule has 2 rings (SSSR count). The molecule has 0 aliphatic carbocycles. The van der Waals surface area contributed by atoms with Crippen LogP contribution in [-0.4, -0.2) is 13.1 Å². The normalized spacial score (nSPS) is 14.9. The van der Waals surface area contributed by atoms with Gasteiger partial charge in [-0.3, -0.25) is 0 Å². The molecule has 1 aromatic carbocycles. The molecule has 16 heavy (non-hydrogen) atoms. The summed E-state index contributed by atoms with van der Waals surface area (Å²) in [5.41, 5.74) is 0.397. The number of aldehydes is 1. The number of carbonyl (C=O) groups is 1. The molecule has 0 bridgehead atoms. The number of hydrogen-bond acceptors (Lipinski definition) is 3. The van der Waals surface area contributed by atoms with E-state index in [1.54, 1.807) is 6.92 Å². The summed E-state index contributed by atoms with van der Waals surface area (Å²) in [4.78, 5) is 10.5. The van der Waals surface area contributed by atoms with E-state index in [4.69, 9.17) is 9.47 Å². The summed E-state index contributed by atoms with van der Waals surface area (Å²) in [5, 5.41) is 0. The average molecular weight is 289 g/mol. The van der Waals surface area contributed by atoms with E-state index in [0.29, 0.717) is 21.5 Å². The molecule has 1 atom stereocenters. The van der Waals surface area contributed by atoms with Crippen molar-refractivity contribution in [1.82, 2.24) is 0 Å². The van der Waals surface area contributed by atoms with Crippen LogP contribution in [0.4, 0.5) is 4.39 Å². The van der Waals surface area contributed by atoms with Gasteiger partial charge in [-0.15, -0.1) is 0 Å². The Labute approximate surface area is 101 Å². The third kappa shape index (κ3) is 1.80. The third-order valence-electron chi connectivity index (χ3n) is 2.53. The Morgan fingerprint density at radius 2 is 2.38 bits per heavy atom. The summed E-state index contributed by atoms with van der Waals surface area (Å²) in [6.07, 6.45) is 1.02. The van der Waals surface area contributed by atoms with Gasteiger partial charge in [-0.05, 0) is 21.8 Å². The second kappa shape index (κ2) is 4.41. The van der Waals surface area contributed by atoms with Crippen molar-refractivity contribution >= 4 is 22.2 Å². The fourth-order valence-corrected chi connectivity index (χ4v) is 2.14. The standard InChI is InChI=1S/C11H10BrFO3/c1-6(2-3-14)9-10(13)7(12)4-8-11(9)16-5-15-8/h3-4,6H,2,5H2,1H3. The van der Waals surface area contributed by atoms with Gasteiger partial charge in [-0.1, -0.05) is 6.92 Å². The first-order chi connectivity index (χ1) is 7.65. The Balaban J connectivity index is 2.53. The molecule has 0 fully saturated rings. The third-order valence-corrected chi connectivity index (χ3v) is 3.11. The van der Waals surface area contributed by atoms with Gasteiger partial charge < -0.3 is 14.3 Å². The summed E-state index contributed by atoms with van der Waals surface area (Å²) in [6, 6.07) is 1.54. The molecule has 0 radical (unpaired) electrons. The van der Waals surface area contributed by atoms with Gasteiger partial charge in [0.25, 0.3) is 0 Å². The minimum absolute atomic E-state index is 0.0893. The molecule has 0 spiro atoms. The van der Waals surface area contributed by atoms with Crippen LogP contribution in [-0.2, 0) is 4.79 Å². The number of rotatable bonds is 3. The van der Waals surface area contributed by atoms with Crippen molar-refractivity contribution in [3.63, 3.8) is 0 Å². The van der Waals surface area contributed by atoms with E-state index < -0.39 is 5.82 Å². The first-order valence-corrected chi connectivity index (χ1v) is 5.65. The Morgan fingerprint density at radius 3 is 3.06 bits per heavy atom. The zero-order valence-electron chi connectivity index (χ0n) is 8.63. The van der Waals surface area contributed by atoms with Crippen LogP contribution in [0.3, 0.4) is 0 Å². The minimum Gasteiger partial charge on any atom is -0.454 e. The van der Waals surface area contributed by atoms with Crippen molar-refractivity contribution in [2.75, 3.05) is 6.79 Å². The Bertz CT molecular complexity index is 434. The molecule has 86 valence electrons. The molecule has 1 heterocycles. The van der Waals surface area contributed by atoms with Gasteiger partial charge in [0.05, 0.1) is 4.47 Å². The van der Waals surface area contributed by atoms with E-state index in [9.17, 15) is 9.18 Å². The fourth-order valence-electron chi connectivity index (χ4n) is 1.72. The van der Waals surface area contributed by atoms with Gasteiger partial charge in [-0.25, -0.2) is 4.39 Å². The molecular formula is C11H10BrFO3. The minimum atomic E-state index is -0.390. The maximum atomic E-state index is 13.9. The molecule has 1 unspecified atom stereocenters. The molecule has 1 aliphatic rings. The quantitative estimate of drug-likeness (QED) is 0.802. The summed E-state index contributed by atoms with van der Waals surface area (Å²) < 4.78 is 24.7. The largest absolute Gasteiger partial charge is 0.454 e. The van der Waals surface area contributed by atoms with E-state index in [2.05, 4.69) is 15.9 Å². The van der Waals surface area contributed by atoms with E-state index in [-0.39, 0.29) is 19.1 Å². The highest BCUT2D eigenvalue weighted by Crippen LogP contribution is 2.44. The molecule has 0 saturated carbocycles. The zero-order chi connectivity index (χ0) is 11.7. The van der Waals surface area contributed by atoms with Crippen molar-refractivity contribution in [1.29, 1.82) is 0 Å². The van der Waals surface area contributed by atoms with Crippen molar-refractivity contribution in [2.45, 2.75) is 19.3 Å². The number of fused-ring (bicyclic) bond motifs is 1. The number of ether oxygens (including phenoxy) is 2. The molecule has 5 heteroatoms. The highest BCUT2D eigenvalue weighted by molar-refractivity contribution is 9.10. The molecule has 1 aromatic rings. The van der Waals surface area contributed by atoms with Crippen LogP contribution in [0.15, 0.2) is 10.5 Å². The highest BCUT2D eigenvalue weighted by atomic mass is 79.9. The molecule has 0 saturated heterocycles. The molecule has 3 nitrogen and oxygen atoms in total. The first-order valence-electron chi connectivity index (χ1n) is 4.86. The zero-order valence-corrected chi connectivity index (χ0v) is 10.2. The lowest BCUT2D eigenvalue weighted by Gasteiger charge is -2.13. The van der Waals surface area contributed by atoms with Gasteiger partial charge in [0, 0.05) is 18.1 Å². The predicted molar refractivity (Wildman–Crippen MR) is 59.3 cm³/mol. The Morgan fingerprint density at radius 1 is 1.62 bits per heavy atom. The van der Waals surface area contributed by atoms with Gasteiger partial charge in [0.15, 0.2) is 11.5 Å². The van der Waals surface area contributed by atoms with Crippen LogP contribution in [0.25, 0.3) is 0 Å². The van der Waals surface area contributed by atoms with Gasteiger partial charge in [0.1, 0.15) is 12.1 Å².